The van der Waals surface area contributed by atoms with E-state index in [1.165, 1.54) is 51.4 Å². The van der Waals surface area contributed by atoms with Gasteiger partial charge in [0.2, 0.25) is 0 Å². The number of hydrogen-bond acceptors (Lipinski definition) is 3. The Morgan fingerprint density at radius 3 is 2.36 bits per heavy atom. The molecule has 0 atom stereocenters. The second-order valence-electron chi connectivity index (χ2n) is 6.65. The summed E-state index contributed by atoms with van der Waals surface area (Å²) in [6.45, 7) is 2.58. The lowest BCUT2D eigenvalue weighted by atomic mass is 10.1. The molecule has 3 nitrogen and oxygen atoms in total. The van der Waals surface area contributed by atoms with Crippen molar-refractivity contribution in [2.75, 3.05) is 0 Å². The zero-order valence-electron chi connectivity index (χ0n) is 15.9. The van der Waals surface area contributed by atoms with Crippen LogP contribution in [0, 0.1) is 0 Å². The number of rotatable bonds is 15. The second-order valence-corrected chi connectivity index (χ2v) is 6.65. The van der Waals surface area contributed by atoms with Crippen molar-refractivity contribution in [3.05, 3.63) is 42.2 Å². The standard InChI is InChI=1S/C22H35NO2/c1-2-3-4-5-6-7-8-9-10-11-12-13-14-17-22(24)25-20-21-16-15-18-23-19-21/h10-11,15-16,18-19H,2-9,12-14,17,20H2,1H3/b11-10+. The minimum atomic E-state index is -0.115. The highest BCUT2D eigenvalue weighted by Gasteiger charge is 2.02. The monoisotopic (exact) mass is 345 g/mol. The number of unbranched alkanes of at least 4 members (excludes halogenated alkanes) is 9. The number of pyridine rings is 1. The topological polar surface area (TPSA) is 39.2 Å². The van der Waals surface area contributed by atoms with E-state index in [0.717, 1.165) is 24.8 Å². The van der Waals surface area contributed by atoms with Gasteiger partial charge >= 0.3 is 5.97 Å². The fraction of sp³-hybridized carbons (Fsp3) is 0.636. The average molecular weight is 346 g/mol. The van der Waals surface area contributed by atoms with Crippen LogP contribution in [-0.4, -0.2) is 11.0 Å². The molecule has 0 fully saturated rings. The van der Waals surface area contributed by atoms with Gasteiger partial charge in [0.25, 0.3) is 0 Å². The van der Waals surface area contributed by atoms with Crippen molar-refractivity contribution in [3.8, 4) is 0 Å². The summed E-state index contributed by atoms with van der Waals surface area (Å²) >= 11 is 0. The quantitative estimate of drug-likeness (QED) is 0.210. The molecule has 0 saturated heterocycles. The normalized spacial score (nSPS) is 11.1. The molecule has 1 aromatic rings. The lowest BCUT2D eigenvalue weighted by molar-refractivity contribution is -0.145. The third-order valence-electron chi connectivity index (χ3n) is 4.27. The largest absolute Gasteiger partial charge is 0.461 e. The summed E-state index contributed by atoms with van der Waals surface area (Å²) in [5.74, 6) is -0.115. The second kappa shape index (κ2) is 15.9. The molecule has 0 aliphatic carbocycles. The summed E-state index contributed by atoms with van der Waals surface area (Å²) < 4.78 is 5.24. The van der Waals surface area contributed by atoms with Crippen LogP contribution in [0.4, 0.5) is 0 Å². The number of aromatic nitrogens is 1. The first-order valence-corrected chi connectivity index (χ1v) is 10.0. The van der Waals surface area contributed by atoms with E-state index in [-0.39, 0.29) is 5.97 Å². The van der Waals surface area contributed by atoms with E-state index in [0.29, 0.717) is 13.0 Å². The van der Waals surface area contributed by atoms with E-state index in [9.17, 15) is 4.79 Å². The predicted molar refractivity (Wildman–Crippen MR) is 104 cm³/mol. The van der Waals surface area contributed by atoms with Crippen LogP contribution in [0.5, 0.6) is 0 Å². The number of ether oxygens (including phenoxy) is 1. The Balaban J connectivity index is 1.86. The molecule has 0 aliphatic heterocycles. The predicted octanol–water partition coefficient (Wildman–Crippen LogP) is 6.38. The molecule has 1 aromatic heterocycles. The van der Waals surface area contributed by atoms with Crippen LogP contribution < -0.4 is 0 Å². The molecule has 0 aromatic carbocycles. The van der Waals surface area contributed by atoms with Crippen LogP contribution in [0.1, 0.15) is 89.5 Å². The average Bonchev–Trinajstić information content (AvgIpc) is 2.64. The van der Waals surface area contributed by atoms with Gasteiger partial charge in [-0.2, -0.15) is 0 Å². The Hall–Kier alpha value is -1.64. The van der Waals surface area contributed by atoms with Crippen LogP contribution in [0.25, 0.3) is 0 Å². The molecule has 0 unspecified atom stereocenters. The highest BCUT2D eigenvalue weighted by atomic mass is 16.5. The minimum Gasteiger partial charge on any atom is -0.461 e. The number of carbonyl (C=O) groups is 1. The lowest BCUT2D eigenvalue weighted by Crippen LogP contribution is -2.04. The van der Waals surface area contributed by atoms with Gasteiger partial charge in [-0.25, -0.2) is 0 Å². The van der Waals surface area contributed by atoms with Crippen molar-refractivity contribution >= 4 is 5.97 Å². The first-order chi connectivity index (χ1) is 12.3. The zero-order chi connectivity index (χ0) is 18.0. The molecule has 140 valence electrons. The third-order valence-corrected chi connectivity index (χ3v) is 4.27. The van der Waals surface area contributed by atoms with Gasteiger partial charge in [-0.3, -0.25) is 9.78 Å². The van der Waals surface area contributed by atoms with Crippen molar-refractivity contribution in [1.29, 1.82) is 0 Å². The Labute approximate surface area is 153 Å². The molecule has 0 saturated carbocycles. The Morgan fingerprint density at radius 1 is 1.00 bits per heavy atom. The lowest BCUT2D eigenvalue weighted by Gasteiger charge is -2.04. The van der Waals surface area contributed by atoms with E-state index in [1.54, 1.807) is 12.4 Å². The molecule has 0 bridgehead atoms. The number of carbonyl (C=O) groups excluding carboxylic acids is 1. The van der Waals surface area contributed by atoms with Crippen LogP contribution in [0.2, 0.25) is 0 Å². The molecule has 25 heavy (non-hydrogen) atoms. The summed E-state index contributed by atoms with van der Waals surface area (Å²) in [7, 11) is 0. The molecular weight excluding hydrogens is 310 g/mol. The van der Waals surface area contributed by atoms with Gasteiger partial charge in [0.05, 0.1) is 0 Å². The SMILES string of the molecule is CCCCCCCCC/C=C/CCCCC(=O)OCc1cccnc1. The van der Waals surface area contributed by atoms with E-state index in [2.05, 4.69) is 24.1 Å². The molecule has 1 heterocycles. The van der Waals surface area contributed by atoms with Crippen LogP contribution in [0.15, 0.2) is 36.7 Å². The van der Waals surface area contributed by atoms with Crippen LogP contribution >= 0.6 is 0 Å². The molecule has 0 N–H and O–H groups in total. The van der Waals surface area contributed by atoms with Crippen molar-refractivity contribution in [1.82, 2.24) is 4.98 Å². The molecule has 0 amide bonds. The van der Waals surface area contributed by atoms with Gasteiger partial charge < -0.3 is 4.74 Å². The first-order valence-electron chi connectivity index (χ1n) is 10.0. The van der Waals surface area contributed by atoms with Crippen molar-refractivity contribution in [2.24, 2.45) is 0 Å². The van der Waals surface area contributed by atoms with Crippen molar-refractivity contribution in [3.63, 3.8) is 0 Å². The maximum absolute atomic E-state index is 11.7. The van der Waals surface area contributed by atoms with Crippen LogP contribution in [0.3, 0.4) is 0 Å². The van der Waals surface area contributed by atoms with E-state index in [1.807, 2.05) is 12.1 Å². The van der Waals surface area contributed by atoms with Crippen molar-refractivity contribution < 1.29 is 9.53 Å². The summed E-state index contributed by atoms with van der Waals surface area (Å²) in [6.07, 6.45) is 22.3. The fourth-order valence-electron chi connectivity index (χ4n) is 2.71. The molecule has 1 rings (SSSR count). The summed E-state index contributed by atoms with van der Waals surface area (Å²) in [4.78, 5) is 15.7. The molecule has 3 heteroatoms. The van der Waals surface area contributed by atoms with E-state index < -0.39 is 0 Å². The van der Waals surface area contributed by atoms with Crippen molar-refractivity contribution in [2.45, 2.75) is 90.6 Å². The zero-order valence-corrected chi connectivity index (χ0v) is 15.9. The van der Waals surface area contributed by atoms with E-state index >= 15 is 0 Å². The van der Waals surface area contributed by atoms with Gasteiger partial charge in [-0.05, 0) is 38.2 Å². The Bertz CT molecular complexity index is 456. The first kappa shape index (κ1) is 21.4. The summed E-state index contributed by atoms with van der Waals surface area (Å²) in [5.41, 5.74) is 0.934. The maximum atomic E-state index is 11.7. The van der Waals surface area contributed by atoms with Gasteiger partial charge in [0.15, 0.2) is 0 Å². The van der Waals surface area contributed by atoms with Gasteiger partial charge in [-0.1, -0.05) is 63.7 Å². The number of esters is 1. The molecular formula is C22H35NO2. The van der Waals surface area contributed by atoms with Crippen LogP contribution in [-0.2, 0) is 16.1 Å². The van der Waals surface area contributed by atoms with Gasteiger partial charge in [0, 0.05) is 24.4 Å². The Morgan fingerprint density at radius 2 is 1.68 bits per heavy atom. The highest BCUT2D eigenvalue weighted by molar-refractivity contribution is 5.69. The number of hydrogen-bond donors (Lipinski definition) is 0. The smallest absolute Gasteiger partial charge is 0.306 e. The number of allylic oxidation sites excluding steroid dienone is 2. The summed E-state index contributed by atoms with van der Waals surface area (Å²) in [6, 6.07) is 3.76. The molecule has 0 spiro atoms. The summed E-state index contributed by atoms with van der Waals surface area (Å²) in [5, 5.41) is 0. The Kier molecular flexibility index (Phi) is 13.6. The van der Waals surface area contributed by atoms with Gasteiger partial charge in [-0.15, -0.1) is 0 Å². The third kappa shape index (κ3) is 13.3. The fourth-order valence-corrected chi connectivity index (χ4v) is 2.71. The molecule has 0 aliphatic rings. The number of nitrogens with zero attached hydrogens (tertiary/aromatic N) is 1. The van der Waals surface area contributed by atoms with Gasteiger partial charge in [0.1, 0.15) is 6.61 Å². The van der Waals surface area contributed by atoms with E-state index in [4.69, 9.17) is 4.74 Å². The highest BCUT2D eigenvalue weighted by Crippen LogP contribution is 2.09. The molecule has 0 radical (unpaired) electrons. The maximum Gasteiger partial charge on any atom is 0.306 e. The minimum absolute atomic E-state index is 0.115.